The molecule has 0 spiro atoms. The first kappa shape index (κ1) is 24.4. The number of methoxy groups -OCH3 is 1. The van der Waals surface area contributed by atoms with Crippen molar-refractivity contribution >= 4 is 17.5 Å². The second kappa shape index (κ2) is 11.6. The Kier molecular flexibility index (Phi) is 8.34. The molecule has 0 radical (unpaired) electrons. The van der Waals surface area contributed by atoms with E-state index in [4.69, 9.17) is 4.74 Å². The number of likely N-dealkylation sites (N-methyl/N-ethyl adjacent to an activating group) is 1. The molecule has 0 aliphatic carbocycles. The van der Waals surface area contributed by atoms with Gasteiger partial charge in [0.1, 0.15) is 11.8 Å². The molecule has 8 heteroatoms. The van der Waals surface area contributed by atoms with Crippen molar-refractivity contribution in [2.75, 3.05) is 14.2 Å². The Balaban J connectivity index is 1.99. The molecule has 1 N–H and O–H groups in total. The summed E-state index contributed by atoms with van der Waals surface area (Å²) in [5, 5.41) is 14.1. The number of ether oxygens (including phenoxy) is 1. The van der Waals surface area contributed by atoms with Crippen LogP contribution in [0.3, 0.4) is 0 Å². The standard InChI is InChI=1S/C26H27N3O5/c1-27-26(31)24(16-19-9-4-3-5-10-19)28(18-20-11-8-13-22(15-20)34-2)25(30)17-21-12-6-7-14-23(21)29(32)33/h3-15,24H,16-18H2,1-2H3,(H,27,31). The predicted molar refractivity (Wildman–Crippen MR) is 128 cm³/mol. The molecule has 0 fully saturated rings. The second-order valence-electron chi connectivity index (χ2n) is 7.76. The van der Waals surface area contributed by atoms with Gasteiger partial charge in [-0.05, 0) is 23.3 Å². The summed E-state index contributed by atoms with van der Waals surface area (Å²) in [5.74, 6) is -0.0764. The van der Waals surface area contributed by atoms with E-state index in [-0.39, 0.29) is 30.5 Å². The molecule has 3 aromatic rings. The molecule has 34 heavy (non-hydrogen) atoms. The van der Waals surface area contributed by atoms with Gasteiger partial charge < -0.3 is 15.0 Å². The minimum atomic E-state index is -0.811. The second-order valence-corrected chi connectivity index (χ2v) is 7.76. The summed E-state index contributed by atoms with van der Waals surface area (Å²) < 4.78 is 5.30. The van der Waals surface area contributed by atoms with E-state index in [1.165, 1.54) is 18.0 Å². The number of carbonyl (C=O) groups is 2. The Bertz CT molecular complexity index is 1150. The fourth-order valence-corrected chi connectivity index (χ4v) is 3.79. The average molecular weight is 462 g/mol. The van der Waals surface area contributed by atoms with Gasteiger partial charge in [-0.15, -0.1) is 0 Å². The summed E-state index contributed by atoms with van der Waals surface area (Å²) >= 11 is 0. The Morgan fingerprint density at radius 2 is 1.68 bits per heavy atom. The quantitative estimate of drug-likeness (QED) is 0.368. The topological polar surface area (TPSA) is 102 Å². The third kappa shape index (κ3) is 6.19. The first-order valence-corrected chi connectivity index (χ1v) is 10.8. The van der Waals surface area contributed by atoms with E-state index in [0.29, 0.717) is 17.7 Å². The van der Waals surface area contributed by atoms with E-state index < -0.39 is 11.0 Å². The molecule has 0 saturated carbocycles. The highest BCUT2D eigenvalue weighted by Gasteiger charge is 2.31. The van der Waals surface area contributed by atoms with Crippen molar-refractivity contribution in [1.82, 2.24) is 10.2 Å². The number of para-hydroxylation sites is 1. The number of benzene rings is 3. The summed E-state index contributed by atoms with van der Waals surface area (Å²) in [6.45, 7) is 0.140. The SMILES string of the molecule is CNC(=O)C(Cc1ccccc1)N(Cc1cccc(OC)c1)C(=O)Cc1ccccc1[N+](=O)[O-]. The third-order valence-electron chi connectivity index (χ3n) is 5.53. The van der Waals surface area contributed by atoms with Crippen LogP contribution in [-0.4, -0.2) is 41.8 Å². The van der Waals surface area contributed by atoms with Crippen molar-refractivity contribution in [3.8, 4) is 5.75 Å². The van der Waals surface area contributed by atoms with Crippen LogP contribution in [0.4, 0.5) is 5.69 Å². The summed E-state index contributed by atoms with van der Waals surface area (Å²) in [5.41, 5.74) is 1.84. The zero-order valence-corrected chi connectivity index (χ0v) is 19.1. The first-order valence-electron chi connectivity index (χ1n) is 10.8. The molecule has 3 aromatic carbocycles. The minimum Gasteiger partial charge on any atom is -0.497 e. The fraction of sp³-hybridized carbons (Fsp3) is 0.231. The van der Waals surface area contributed by atoms with Crippen molar-refractivity contribution in [3.63, 3.8) is 0 Å². The van der Waals surface area contributed by atoms with Crippen molar-refractivity contribution < 1.29 is 19.2 Å². The Morgan fingerprint density at radius 1 is 1.00 bits per heavy atom. The zero-order chi connectivity index (χ0) is 24.5. The summed E-state index contributed by atoms with van der Waals surface area (Å²) in [6.07, 6.45) is 0.0938. The van der Waals surface area contributed by atoms with Crippen molar-refractivity contribution in [1.29, 1.82) is 0 Å². The zero-order valence-electron chi connectivity index (χ0n) is 19.1. The molecule has 2 amide bonds. The number of amides is 2. The molecule has 1 atom stereocenters. The number of hydrogen-bond donors (Lipinski definition) is 1. The van der Waals surface area contributed by atoms with Crippen LogP contribution in [0, 0.1) is 10.1 Å². The maximum absolute atomic E-state index is 13.6. The molecule has 0 aliphatic heterocycles. The summed E-state index contributed by atoms with van der Waals surface area (Å²) in [6, 6.07) is 22.0. The molecule has 0 bridgehead atoms. The maximum atomic E-state index is 13.6. The lowest BCUT2D eigenvalue weighted by Gasteiger charge is -2.31. The number of nitrogens with zero attached hydrogens (tertiary/aromatic N) is 2. The van der Waals surface area contributed by atoms with Crippen molar-refractivity contribution in [2.45, 2.75) is 25.4 Å². The van der Waals surface area contributed by atoms with E-state index in [9.17, 15) is 19.7 Å². The normalized spacial score (nSPS) is 11.4. The van der Waals surface area contributed by atoms with Crippen LogP contribution in [0.2, 0.25) is 0 Å². The van der Waals surface area contributed by atoms with E-state index in [2.05, 4.69) is 5.32 Å². The smallest absolute Gasteiger partial charge is 0.273 e. The monoisotopic (exact) mass is 461 g/mol. The lowest BCUT2D eigenvalue weighted by molar-refractivity contribution is -0.385. The number of nitro benzene ring substituents is 1. The van der Waals surface area contributed by atoms with Crippen LogP contribution in [0.25, 0.3) is 0 Å². The van der Waals surface area contributed by atoms with E-state index >= 15 is 0 Å². The maximum Gasteiger partial charge on any atom is 0.273 e. The van der Waals surface area contributed by atoms with Crippen LogP contribution in [0.1, 0.15) is 16.7 Å². The molecule has 0 heterocycles. The lowest BCUT2D eigenvalue weighted by atomic mass is 10.0. The van der Waals surface area contributed by atoms with Crippen LogP contribution in [-0.2, 0) is 29.0 Å². The number of nitrogens with one attached hydrogen (secondary N) is 1. The molecule has 3 rings (SSSR count). The lowest BCUT2D eigenvalue weighted by Crippen LogP contribution is -2.50. The van der Waals surface area contributed by atoms with Gasteiger partial charge in [0.15, 0.2) is 0 Å². The highest BCUT2D eigenvalue weighted by Crippen LogP contribution is 2.22. The highest BCUT2D eigenvalue weighted by atomic mass is 16.6. The molecule has 176 valence electrons. The van der Waals surface area contributed by atoms with Gasteiger partial charge >= 0.3 is 0 Å². The average Bonchev–Trinajstić information content (AvgIpc) is 2.86. The van der Waals surface area contributed by atoms with E-state index in [1.807, 2.05) is 42.5 Å². The van der Waals surface area contributed by atoms with Gasteiger partial charge in [0.2, 0.25) is 11.8 Å². The van der Waals surface area contributed by atoms with Crippen molar-refractivity contribution in [3.05, 3.63) is 106 Å². The van der Waals surface area contributed by atoms with E-state index in [1.54, 1.807) is 37.4 Å². The Labute approximate surface area is 198 Å². The summed E-state index contributed by atoms with van der Waals surface area (Å²) in [7, 11) is 3.08. The van der Waals surface area contributed by atoms with Gasteiger partial charge in [0.25, 0.3) is 5.69 Å². The van der Waals surface area contributed by atoms with Gasteiger partial charge in [-0.3, -0.25) is 19.7 Å². The molecule has 0 aromatic heterocycles. The largest absolute Gasteiger partial charge is 0.497 e. The van der Waals surface area contributed by atoms with Gasteiger partial charge in [-0.25, -0.2) is 0 Å². The van der Waals surface area contributed by atoms with Crippen LogP contribution >= 0.6 is 0 Å². The molecule has 8 nitrogen and oxygen atoms in total. The molecule has 0 saturated heterocycles. The first-order chi connectivity index (χ1) is 16.4. The number of nitro groups is 1. The van der Waals surface area contributed by atoms with Gasteiger partial charge in [0.05, 0.1) is 18.5 Å². The fourth-order valence-electron chi connectivity index (χ4n) is 3.79. The van der Waals surface area contributed by atoms with Crippen molar-refractivity contribution in [2.24, 2.45) is 0 Å². The highest BCUT2D eigenvalue weighted by molar-refractivity contribution is 5.89. The van der Waals surface area contributed by atoms with Crippen LogP contribution in [0.5, 0.6) is 5.75 Å². The number of carbonyl (C=O) groups excluding carboxylic acids is 2. The van der Waals surface area contributed by atoms with E-state index in [0.717, 1.165) is 11.1 Å². The number of hydrogen-bond acceptors (Lipinski definition) is 5. The van der Waals surface area contributed by atoms with Gasteiger partial charge in [0, 0.05) is 31.6 Å². The Hall–Kier alpha value is -4.20. The predicted octanol–water partition coefficient (Wildman–Crippen LogP) is 3.53. The van der Waals surface area contributed by atoms with Crippen LogP contribution < -0.4 is 10.1 Å². The van der Waals surface area contributed by atoms with Gasteiger partial charge in [-0.2, -0.15) is 0 Å². The molecule has 0 aliphatic rings. The molecular formula is C26H27N3O5. The Morgan fingerprint density at radius 3 is 2.35 bits per heavy atom. The van der Waals surface area contributed by atoms with Crippen LogP contribution in [0.15, 0.2) is 78.9 Å². The number of rotatable bonds is 10. The molecular weight excluding hydrogens is 434 g/mol. The minimum absolute atomic E-state index is 0.128. The summed E-state index contributed by atoms with van der Waals surface area (Å²) in [4.78, 5) is 39.0. The molecule has 1 unspecified atom stereocenters. The van der Waals surface area contributed by atoms with Gasteiger partial charge in [-0.1, -0.05) is 60.7 Å². The third-order valence-corrected chi connectivity index (χ3v) is 5.53.